The van der Waals surface area contributed by atoms with Crippen molar-refractivity contribution in [2.24, 2.45) is 0 Å². The minimum absolute atomic E-state index is 0.0316. The summed E-state index contributed by atoms with van der Waals surface area (Å²) in [7, 11) is 0. The van der Waals surface area contributed by atoms with E-state index in [1.807, 2.05) is 42.5 Å². The fourth-order valence-corrected chi connectivity index (χ4v) is 3.82. The number of ether oxygens (including phenoxy) is 2. The van der Waals surface area contributed by atoms with E-state index in [0.717, 1.165) is 61.9 Å². The second kappa shape index (κ2) is 8.32. The molecule has 2 aliphatic heterocycles. The van der Waals surface area contributed by atoms with E-state index in [1.54, 1.807) is 0 Å². The van der Waals surface area contributed by atoms with Crippen LogP contribution in [0.2, 0.25) is 0 Å². The zero-order chi connectivity index (χ0) is 18.5. The van der Waals surface area contributed by atoms with Crippen molar-refractivity contribution >= 4 is 5.69 Å². The molecule has 2 aromatic carbocycles. The molecule has 4 rings (SSSR count). The quantitative estimate of drug-likeness (QED) is 0.816. The van der Waals surface area contributed by atoms with E-state index < -0.39 is 0 Å². The molecule has 0 amide bonds. The number of nitrogens with zero attached hydrogens (tertiary/aromatic N) is 3. The topological polar surface area (TPSA) is 48.7 Å². The molecule has 5 heteroatoms. The van der Waals surface area contributed by atoms with Crippen molar-refractivity contribution in [2.45, 2.75) is 12.3 Å². The van der Waals surface area contributed by atoms with Crippen molar-refractivity contribution < 1.29 is 9.47 Å². The van der Waals surface area contributed by atoms with Crippen LogP contribution in [0.25, 0.3) is 0 Å². The van der Waals surface area contributed by atoms with Crippen LogP contribution < -0.4 is 14.4 Å². The van der Waals surface area contributed by atoms with E-state index in [2.05, 4.69) is 21.9 Å². The number of fused-ring (bicyclic) bond motifs is 1. The minimum atomic E-state index is -0.0316. The van der Waals surface area contributed by atoms with Gasteiger partial charge in [-0.25, -0.2) is 0 Å². The fraction of sp³-hybridized carbons (Fsp3) is 0.409. The van der Waals surface area contributed by atoms with Crippen LogP contribution in [-0.4, -0.2) is 50.8 Å². The van der Waals surface area contributed by atoms with Gasteiger partial charge in [0, 0.05) is 26.2 Å². The van der Waals surface area contributed by atoms with E-state index >= 15 is 0 Å². The van der Waals surface area contributed by atoms with Gasteiger partial charge in [0.1, 0.15) is 13.2 Å². The van der Waals surface area contributed by atoms with Crippen LogP contribution in [-0.2, 0) is 0 Å². The highest BCUT2D eigenvalue weighted by Crippen LogP contribution is 2.39. The molecule has 0 radical (unpaired) electrons. The number of hydrogen-bond donors (Lipinski definition) is 0. The van der Waals surface area contributed by atoms with Crippen LogP contribution in [0, 0.1) is 11.3 Å². The Labute approximate surface area is 160 Å². The maximum Gasteiger partial charge on any atom is 0.184 e. The van der Waals surface area contributed by atoms with Crippen LogP contribution >= 0.6 is 0 Å². The molecule has 0 aliphatic carbocycles. The maximum absolute atomic E-state index is 9.51. The summed E-state index contributed by atoms with van der Waals surface area (Å²) in [5, 5.41) is 9.51. The molecule has 0 N–H and O–H groups in total. The Hall–Kier alpha value is -2.71. The summed E-state index contributed by atoms with van der Waals surface area (Å²) in [4.78, 5) is 4.83. The lowest BCUT2D eigenvalue weighted by Gasteiger charge is -2.37. The van der Waals surface area contributed by atoms with Crippen LogP contribution in [0.4, 0.5) is 5.69 Å². The molecule has 0 saturated carbocycles. The molecule has 0 spiro atoms. The predicted octanol–water partition coefficient (Wildman–Crippen LogP) is 3.28. The number of anilines is 1. The number of para-hydroxylation sites is 1. The summed E-state index contributed by atoms with van der Waals surface area (Å²) in [5.74, 6) is 1.70. The number of benzene rings is 2. The summed E-state index contributed by atoms with van der Waals surface area (Å²) in [6.07, 6.45) is 0.873. The molecule has 27 heavy (non-hydrogen) atoms. The molecule has 1 saturated heterocycles. The Morgan fingerprint density at radius 3 is 2.48 bits per heavy atom. The number of nitriles is 1. The smallest absolute Gasteiger partial charge is 0.184 e. The van der Waals surface area contributed by atoms with Gasteiger partial charge in [-0.2, -0.15) is 5.26 Å². The van der Waals surface area contributed by atoms with Crippen molar-refractivity contribution in [3.63, 3.8) is 0 Å². The molecule has 140 valence electrons. The highest BCUT2D eigenvalue weighted by Gasteiger charge is 2.24. The highest BCUT2D eigenvalue weighted by atomic mass is 16.6. The van der Waals surface area contributed by atoms with Crippen molar-refractivity contribution in [1.29, 1.82) is 5.26 Å². The monoisotopic (exact) mass is 363 g/mol. The molecule has 2 aromatic rings. The zero-order valence-corrected chi connectivity index (χ0v) is 15.5. The lowest BCUT2D eigenvalue weighted by molar-refractivity contribution is 0.171. The van der Waals surface area contributed by atoms with E-state index in [0.29, 0.717) is 13.2 Å². The van der Waals surface area contributed by atoms with E-state index in [9.17, 15) is 5.26 Å². The van der Waals surface area contributed by atoms with Crippen molar-refractivity contribution in [3.05, 3.63) is 54.1 Å². The first-order valence-electron chi connectivity index (χ1n) is 9.65. The van der Waals surface area contributed by atoms with Crippen molar-refractivity contribution in [2.75, 3.05) is 50.8 Å². The Bertz CT molecular complexity index is 795. The van der Waals surface area contributed by atoms with E-state index in [4.69, 9.17) is 9.47 Å². The fourth-order valence-electron chi connectivity index (χ4n) is 3.82. The van der Waals surface area contributed by atoms with Crippen LogP contribution in [0.1, 0.15) is 17.9 Å². The van der Waals surface area contributed by atoms with Crippen molar-refractivity contribution in [1.82, 2.24) is 4.90 Å². The number of hydrogen-bond acceptors (Lipinski definition) is 5. The summed E-state index contributed by atoms with van der Waals surface area (Å²) in [6, 6.07) is 18.7. The summed E-state index contributed by atoms with van der Waals surface area (Å²) >= 11 is 0. The Balaban J connectivity index is 1.33. The first kappa shape index (κ1) is 17.7. The molecule has 1 atom stereocenters. The molecule has 5 nitrogen and oxygen atoms in total. The Kier molecular flexibility index (Phi) is 5.45. The zero-order valence-electron chi connectivity index (χ0n) is 15.5. The van der Waals surface area contributed by atoms with Crippen molar-refractivity contribution in [3.8, 4) is 17.6 Å². The largest absolute Gasteiger partial charge is 0.486 e. The Morgan fingerprint density at radius 1 is 0.926 bits per heavy atom. The molecule has 1 fully saturated rings. The number of piperazine rings is 1. The lowest BCUT2D eigenvalue weighted by atomic mass is 9.97. The minimum Gasteiger partial charge on any atom is -0.486 e. The third-order valence-electron chi connectivity index (χ3n) is 5.35. The van der Waals surface area contributed by atoms with Gasteiger partial charge in [-0.1, -0.05) is 36.4 Å². The molecule has 2 heterocycles. The second-order valence-corrected chi connectivity index (χ2v) is 7.01. The molecule has 0 aromatic heterocycles. The lowest BCUT2D eigenvalue weighted by Crippen LogP contribution is -2.47. The van der Waals surface area contributed by atoms with Gasteiger partial charge in [-0.05, 0) is 30.7 Å². The average molecular weight is 363 g/mol. The van der Waals surface area contributed by atoms with Gasteiger partial charge >= 0.3 is 0 Å². The molecule has 1 unspecified atom stereocenters. The van der Waals surface area contributed by atoms with Crippen LogP contribution in [0.3, 0.4) is 0 Å². The summed E-state index contributed by atoms with van der Waals surface area (Å²) in [5.41, 5.74) is 2.25. The van der Waals surface area contributed by atoms with Gasteiger partial charge in [0.2, 0.25) is 0 Å². The standard InChI is InChI=1S/C22H25N3O2/c23-17-19(18-5-2-1-3-6-18)9-10-24-11-13-25(14-12-24)20-7-4-8-21-22(20)27-16-15-26-21/h1-8,19H,9-16H2. The van der Waals surface area contributed by atoms with Crippen LogP contribution in [0.5, 0.6) is 11.5 Å². The van der Waals surface area contributed by atoms with Gasteiger partial charge in [-0.15, -0.1) is 0 Å². The second-order valence-electron chi connectivity index (χ2n) is 7.01. The number of rotatable bonds is 5. The molecule has 2 aliphatic rings. The normalized spacial score (nSPS) is 18.0. The van der Waals surface area contributed by atoms with Gasteiger partial charge < -0.3 is 14.4 Å². The van der Waals surface area contributed by atoms with E-state index in [-0.39, 0.29) is 5.92 Å². The van der Waals surface area contributed by atoms with Gasteiger partial charge in [0.25, 0.3) is 0 Å². The predicted molar refractivity (Wildman–Crippen MR) is 105 cm³/mol. The molecule has 0 bridgehead atoms. The summed E-state index contributed by atoms with van der Waals surface area (Å²) in [6.45, 7) is 6.10. The first-order valence-corrected chi connectivity index (χ1v) is 9.65. The maximum atomic E-state index is 9.51. The third kappa shape index (κ3) is 4.01. The third-order valence-corrected chi connectivity index (χ3v) is 5.35. The summed E-state index contributed by atoms with van der Waals surface area (Å²) < 4.78 is 11.6. The average Bonchev–Trinajstić information content (AvgIpc) is 2.75. The molecular formula is C22H25N3O2. The molecular weight excluding hydrogens is 338 g/mol. The van der Waals surface area contributed by atoms with Gasteiger partial charge in [0.05, 0.1) is 17.7 Å². The van der Waals surface area contributed by atoms with E-state index in [1.165, 1.54) is 0 Å². The Morgan fingerprint density at radius 2 is 1.70 bits per heavy atom. The van der Waals surface area contributed by atoms with Crippen LogP contribution in [0.15, 0.2) is 48.5 Å². The first-order chi connectivity index (χ1) is 13.3. The highest BCUT2D eigenvalue weighted by molar-refractivity contribution is 5.65. The van der Waals surface area contributed by atoms with Gasteiger partial charge in [0.15, 0.2) is 11.5 Å². The van der Waals surface area contributed by atoms with Gasteiger partial charge in [-0.3, -0.25) is 4.90 Å². The SMILES string of the molecule is N#CC(CCN1CCN(c2cccc3c2OCCO3)CC1)c1ccccc1.